The third kappa shape index (κ3) is 0.692. The number of hydrogen-bond donors (Lipinski definition) is 1. The van der Waals surface area contributed by atoms with Crippen LogP contribution in [-0.2, 0) is 0 Å². The molecule has 0 saturated heterocycles. The van der Waals surface area contributed by atoms with E-state index in [1.807, 2.05) is 6.07 Å². The van der Waals surface area contributed by atoms with Gasteiger partial charge in [0.25, 0.3) is 0 Å². The van der Waals surface area contributed by atoms with Crippen LogP contribution in [0, 0.1) is 11.9 Å². The second-order valence-electron chi connectivity index (χ2n) is 2.12. The molecule has 1 heterocycles. The van der Waals surface area contributed by atoms with Gasteiger partial charge in [-0.25, -0.2) is 4.39 Å². The molecule has 0 atom stereocenters. The predicted octanol–water partition coefficient (Wildman–Crippen LogP) is 2.11. The molecule has 1 aromatic heterocycles. The van der Waals surface area contributed by atoms with Crippen LogP contribution in [0.25, 0.3) is 10.9 Å². The second kappa shape index (κ2) is 1.84. The first-order valence-electron chi connectivity index (χ1n) is 3.00. The van der Waals surface area contributed by atoms with Crippen LogP contribution >= 0.6 is 0 Å². The van der Waals surface area contributed by atoms with E-state index in [0.29, 0.717) is 0 Å². The largest absolute Gasteiger partial charge is 0.361 e. The molecule has 1 N–H and O–H groups in total. The van der Waals surface area contributed by atoms with Crippen molar-refractivity contribution in [2.75, 3.05) is 0 Å². The van der Waals surface area contributed by atoms with E-state index in [0.717, 1.165) is 10.9 Å². The Morgan fingerprint density at radius 2 is 2.40 bits per heavy atom. The third-order valence-corrected chi connectivity index (χ3v) is 1.43. The Bertz CT molecular complexity index is 351. The summed E-state index contributed by atoms with van der Waals surface area (Å²) in [4.78, 5) is 2.89. The average Bonchev–Trinajstić information content (AvgIpc) is 2.33. The molecule has 0 bridgehead atoms. The Labute approximate surface area is 57.5 Å². The van der Waals surface area contributed by atoms with Gasteiger partial charge in [-0.3, -0.25) is 0 Å². The molecular weight excluding hydrogens is 129 g/mol. The van der Waals surface area contributed by atoms with E-state index >= 15 is 0 Å². The molecule has 0 aliphatic heterocycles. The van der Waals surface area contributed by atoms with Crippen LogP contribution in [0.4, 0.5) is 4.39 Å². The van der Waals surface area contributed by atoms with Crippen molar-refractivity contribution in [3.05, 3.63) is 36.3 Å². The molecule has 0 aliphatic carbocycles. The van der Waals surface area contributed by atoms with Crippen molar-refractivity contribution >= 4 is 10.9 Å². The Balaban J connectivity index is 2.86. The van der Waals surface area contributed by atoms with Crippen LogP contribution in [0.2, 0.25) is 0 Å². The lowest BCUT2D eigenvalue weighted by Gasteiger charge is -1.86. The number of aromatic amines is 1. The molecule has 2 rings (SSSR count). The van der Waals surface area contributed by atoms with Crippen molar-refractivity contribution in [3.63, 3.8) is 0 Å². The summed E-state index contributed by atoms with van der Waals surface area (Å²) in [6.07, 6.45) is 1.76. The molecule has 1 nitrogen and oxygen atoms in total. The van der Waals surface area contributed by atoms with E-state index in [4.69, 9.17) is 0 Å². The molecule has 1 aromatic carbocycles. The lowest BCUT2D eigenvalue weighted by molar-refractivity contribution is 0.629. The molecule has 10 heavy (non-hydrogen) atoms. The molecule has 1 radical (unpaired) electrons. The van der Waals surface area contributed by atoms with Crippen LogP contribution in [-0.4, -0.2) is 4.98 Å². The van der Waals surface area contributed by atoms with Gasteiger partial charge in [0.1, 0.15) is 5.82 Å². The molecule has 0 saturated carbocycles. The van der Waals surface area contributed by atoms with E-state index in [1.54, 1.807) is 6.20 Å². The van der Waals surface area contributed by atoms with Gasteiger partial charge in [-0.1, -0.05) is 0 Å². The number of rotatable bonds is 0. The van der Waals surface area contributed by atoms with Crippen LogP contribution in [0.3, 0.4) is 0 Å². The van der Waals surface area contributed by atoms with Gasteiger partial charge in [0.05, 0.1) is 0 Å². The highest BCUT2D eigenvalue weighted by Gasteiger charge is 1.94. The van der Waals surface area contributed by atoms with Crippen LogP contribution in [0.5, 0.6) is 0 Å². The number of nitrogens with one attached hydrogen (secondary N) is 1. The zero-order chi connectivity index (χ0) is 6.97. The molecular formula is C8H5FN. The first-order chi connectivity index (χ1) is 4.86. The minimum atomic E-state index is -0.255. The molecule has 0 spiro atoms. The summed E-state index contributed by atoms with van der Waals surface area (Å²) >= 11 is 0. The first-order valence-corrected chi connectivity index (χ1v) is 3.00. The maximum atomic E-state index is 12.5. The van der Waals surface area contributed by atoms with Crippen LogP contribution < -0.4 is 0 Å². The minimum absolute atomic E-state index is 0.255. The smallest absolute Gasteiger partial charge is 0.125 e. The second-order valence-corrected chi connectivity index (χ2v) is 2.12. The molecule has 0 fully saturated rings. The monoisotopic (exact) mass is 134 g/mol. The topological polar surface area (TPSA) is 15.8 Å². The number of benzene rings is 1. The summed E-state index contributed by atoms with van der Waals surface area (Å²) in [6, 6.07) is 7.43. The fourth-order valence-corrected chi connectivity index (χ4v) is 0.954. The molecule has 0 unspecified atom stereocenters. The highest BCUT2D eigenvalue weighted by atomic mass is 19.1. The Morgan fingerprint density at radius 3 is 3.30 bits per heavy atom. The fraction of sp³-hybridized carbons (Fsp3) is 0. The predicted molar refractivity (Wildman–Crippen MR) is 37.1 cm³/mol. The average molecular weight is 134 g/mol. The molecule has 49 valence electrons. The maximum Gasteiger partial charge on any atom is 0.125 e. The van der Waals surface area contributed by atoms with Gasteiger partial charge >= 0.3 is 0 Å². The van der Waals surface area contributed by atoms with E-state index in [2.05, 4.69) is 11.1 Å². The molecule has 2 heteroatoms. The van der Waals surface area contributed by atoms with Gasteiger partial charge in [0.15, 0.2) is 0 Å². The fourth-order valence-electron chi connectivity index (χ4n) is 0.954. The van der Waals surface area contributed by atoms with Gasteiger partial charge in [-0.2, -0.15) is 0 Å². The van der Waals surface area contributed by atoms with E-state index in [1.165, 1.54) is 12.1 Å². The number of H-pyrrole nitrogens is 1. The van der Waals surface area contributed by atoms with E-state index in [9.17, 15) is 4.39 Å². The van der Waals surface area contributed by atoms with Crippen LogP contribution in [0.1, 0.15) is 0 Å². The van der Waals surface area contributed by atoms with E-state index in [-0.39, 0.29) is 5.82 Å². The normalized spacial score (nSPS) is 10.5. The Kier molecular flexibility index (Phi) is 1.01. The summed E-state index contributed by atoms with van der Waals surface area (Å²) < 4.78 is 12.5. The zero-order valence-electron chi connectivity index (χ0n) is 5.19. The van der Waals surface area contributed by atoms with Gasteiger partial charge in [0, 0.05) is 17.1 Å². The Morgan fingerprint density at radius 1 is 1.50 bits per heavy atom. The van der Waals surface area contributed by atoms with Crippen LogP contribution in [0.15, 0.2) is 24.4 Å². The maximum absolute atomic E-state index is 12.5. The van der Waals surface area contributed by atoms with Gasteiger partial charge in [0.2, 0.25) is 0 Å². The van der Waals surface area contributed by atoms with Gasteiger partial charge < -0.3 is 4.98 Å². The number of halogens is 1. The highest BCUT2D eigenvalue weighted by Crippen LogP contribution is 2.11. The third-order valence-electron chi connectivity index (χ3n) is 1.43. The summed E-state index contributed by atoms with van der Waals surface area (Å²) in [6.45, 7) is 0. The summed E-state index contributed by atoms with van der Waals surface area (Å²) in [5.41, 5.74) is 0.792. The van der Waals surface area contributed by atoms with Crippen molar-refractivity contribution in [2.45, 2.75) is 0 Å². The lowest BCUT2D eigenvalue weighted by Crippen LogP contribution is -1.71. The number of fused-ring (bicyclic) bond motifs is 1. The van der Waals surface area contributed by atoms with Gasteiger partial charge in [-0.05, 0) is 24.3 Å². The summed E-state index contributed by atoms with van der Waals surface area (Å²) in [5, 5.41) is 0.918. The number of aromatic nitrogens is 1. The molecule has 0 amide bonds. The van der Waals surface area contributed by atoms with Crippen molar-refractivity contribution < 1.29 is 4.39 Å². The van der Waals surface area contributed by atoms with Gasteiger partial charge in [-0.15, -0.1) is 0 Å². The number of hydrogen-bond acceptors (Lipinski definition) is 0. The zero-order valence-corrected chi connectivity index (χ0v) is 5.19. The molecule has 0 aliphatic rings. The quantitative estimate of drug-likeness (QED) is 0.568. The van der Waals surface area contributed by atoms with Crippen molar-refractivity contribution in [1.82, 2.24) is 4.98 Å². The SMILES string of the molecule is Fc1c[c]c2cc[nH]c2c1. The standard InChI is InChI=1S/C8H5FN/c9-7-2-1-6-3-4-10-8(6)5-7/h2-5,10H. The highest BCUT2D eigenvalue weighted by molar-refractivity contribution is 5.78. The summed E-state index contributed by atoms with van der Waals surface area (Å²) in [5.74, 6) is -0.255. The minimum Gasteiger partial charge on any atom is -0.361 e. The summed E-state index contributed by atoms with van der Waals surface area (Å²) in [7, 11) is 0. The molecule has 2 aromatic rings. The van der Waals surface area contributed by atoms with Crippen molar-refractivity contribution in [2.24, 2.45) is 0 Å². The van der Waals surface area contributed by atoms with Crippen molar-refractivity contribution in [3.8, 4) is 0 Å². The Hall–Kier alpha value is -1.31. The first kappa shape index (κ1) is 5.47. The lowest BCUT2D eigenvalue weighted by atomic mass is 10.2. The van der Waals surface area contributed by atoms with E-state index < -0.39 is 0 Å². The van der Waals surface area contributed by atoms with Crippen molar-refractivity contribution in [1.29, 1.82) is 0 Å².